The van der Waals surface area contributed by atoms with Gasteiger partial charge in [-0.15, -0.1) is 0 Å². The fourth-order valence-corrected chi connectivity index (χ4v) is 3.21. The first kappa shape index (κ1) is 17.4. The van der Waals surface area contributed by atoms with E-state index in [9.17, 15) is 5.21 Å². The van der Waals surface area contributed by atoms with Crippen molar-refractivity contribution in [3.05, 3.63) is 29.6 Å². The zero-order valence-corrected chi connectivity index (χ0v) is 13.7. The third-order valence-corrected chi connectivity index (χ3v) is 4.64. The van der Waals surface area contributed by atoms with Crippen LogP contribution in [0.4, 0.5) is 0 Å². The van der Waals surface area contributed by atoms with Crippen LogP contribution in [0.3, 0.4) is 0 Å². The van der Waals surface area contributed by atoms with Gasteiger partial charge in [0, 0.05) is 17.9 Å². The summed E-state index contributed by atoms with van der Waals surface area (Å²) in [5.74, 6) is 1.06. The molecular weight excluding hydrogens is 266 g/mol. The molecule has 0 radical (unpaired) electrons. The third-order valence-electron chi connectivity index (χ3n) is 3.54. The Morgan fingerprint density at radius 3 is 2.10 bits per heavy atom. The van der Waals surface area contributed by atoms with Crippen molar-refractivity contribution in [2.24, 2.45) is 0 Å². The number of unbranched alkanes of at least 4 members (excludes halogenated alkanes) is 9. The molecule has 0 bridgehead atoms. The summed E-state index contributed by atoms with van der Waals surface area (Å²) >= 11 is 1.67. The summed E-state index contributed by atoms with van der Waals surface area (Å²) in [5, 5.41) is 12.3. The summed E-state index contributed by atoms with van der Waals surface area (Å²) in [6, 6.07) is 5.60. The predicted molar refractivity (Wildman–Crippen MR) is 88.0 cm³/mol. The summed E-state index contributed by atoms with van der Waals surface area (Å²) in [6.45, 7) is 2.27. The summed E-state index contributed by atoms with van der Waals surface area (Å²) in [4.78, 5) is 0. The smallest absolute Gasteiger partial charge is 0.251 e. The number of pyridine rings is 1. The highest BCUT2D eigenvalue weighted by Gasteiger charge is 2.03. The molecule has 0 aromatic carbocycles. The SMILES string of the molecule is CCCCCCCCCCCCSc1cccc[n+]1[O-]. The summed E-state index contributed by atoms with van der Waals surface area (Å²) < 4.78 is 0.959. The average Bonchev–Trinajstić information content (AvgIpc) is 2.46. The molecule has 1 heterocycles. The van der Waals surface area contributed by atoms with E-state index in [1.54, 1.807) is 24.0 Å². The number of nitrogens with zero attached hydrogens (tertiary/aromatic N) is 1. The Bertz CT molecular complexity index is 344. The topological polar surface area (TPSA) is 26.9 Å². The third kappa shape index (κ3) is 8.47. The molecule has 0 aliphatic carbocycles. The van der Waals surface area contributed by atoms with Crippen molar-refractivity contribution in [2.45, 2.75) is 76.2 Å². The molecule has 2 nitrogen and oxygen atoms in total. The Kier molecular flexibility index (Phi) is 10.5. The van der Waals surface area contributed by atoms with E-state index in [0.717, 1.165) is 15.5 Å². The molecule has 0 saturated carbocycles. The number of hydrogen-bond acceptors (Lipinski definition) is 2. The predicted octanol–water partition coefficient (Wildman–Crippen LogP) is 5.33. The van der Waals surface area contributed by atoms with Crippen LogP contribution in [0.25, 0.3) is 0 Å². The lowest BCUT2D eigenvalue weighted by Crippen LogP contribution is -2.27. The molecule has 0 atom stereocenters. The fourth-order valence-electron chi connectivity index (χ4n) is 2.29. The Hall–Kier alpha value is -0.700. The Balaban J connectivity index is 1.87. The maximum absolute atomic E-state index is 11.4. The number of rotatable bonds is 12. The van der Waals surface area contributed by atoms with Gasteiger partial charge in [0.25, 0.3) is 5.03 Å². The van der Waals surface area contributed by atoms with Gasteiger partial charge in [-0.1, -0.05) is 76.5 Å². The molecular formula is C17H29NOS. The van der Waals surface area contributed by atoms with Crippen LogP contribution in [0.5, 0.6) is 0 Å². The molecule has 114 valence electrons. The van der Waals surface area contributed by atoms with Gasteiger partial charge in [-0.25, -0.2) is 0 Å². The van der Waals surface area contributed by atoms with E-state index in [-0.39, 0.29) is 0 Å². The van der Waals surface area contributed by atoms with Gasteiger partial charge in [0.15, 0.2) is 6.20 Å². The van der Waals surface area contributed by atoms with Gasteiger partial charge in [0.1, 0.15) is 0 Å². The summed E-state index contributed by atoms with van der Waals surface area (Å²) in [6.07, 6.45) is 15.2. The van der Waals surface area contributed by atoms with Crippen LogP contribution in [-0.2, 0) is 0 Å². The number of aromatic nitrogens is 1. The van der Waals surface area contributed by atoms with Gasteiger partial charge in [-0.3, -0.25) is 0 Å². The van der Waals surface area contributed by atoms with Gasteiger partial charge < -0.3 is 5.21 Å². The maximum atomic E-state index is 11.4. The van der Waals surface area contributed by atoms with Crippen molar-refractivity contribution in [1.29, 1.82) is 0 Å². The van der Waals surface area contributed by atoms with E-state index in [2.05, 4.69) is 6.92 Å². The Labute approximate surface area is 128 Å². The second-order valence-corrected chi connectivity index (χ2v) is 6.51. The fraction of sp³-hybridized carbons (Fsp3) is 0.706. The standard InChI is InChI=1S/C17H29NOS/c1-2-3-4-5-6-7-8-9-10-13-16-20-17-14-11-12-15-18(17)19/h11-12,14-15H,2-10,13,16H2,1H3. The van der Waals surface area contributed by atoms with Crippen molar-refractivity contribution >= 4 is 11.8 Å². The van der Waals surface area contributed by atoms with Crippen LogP contribution >= 0.6 is 11.8 Å². The molecule has 3 heteroatoms. The first-order valence-corrected chi connectivity index (χ1v) is 9.14. The van der Waals surface area contributed by atoms with Crippen LogP contribution < -0.4 is 4.73 Å². The summed E-state index contributed by atoms with van der Waals surface area (Å²) in [5.41, 5.74) is 0. The highest BCUT2D eigenvalue weighted by Crippen LogP contribution is 2.16. The largest absolute Gasteiger partial charge is 0.618 e. The van der Waals surface area contributed by atoms with E-state index in [0.29, 0.717) is 0 Å². The van der Waals surface area contributed by atoms with Crippen molar-refractivity contribution in [3.63, 3.8) is 0 Å². The van der Waals surface area contributed by atoms with E-state index in [1.165, 1.54) is 64.2 Å². The zero-order valence-electron chi connectivity index (χ0n) is 12.9. The molecule has 0 unspecified atom stereocenters. The Morgan fingerprint density at radius 1 is 0.900 bits per heavy atom. The van der Waals surface area contributed by atoms with Crippen LogP contribution in [0, 0.1) is 5.21 Å². The second kappa shape index (κ2) is 12.1. The molecule has 0 N–H and O–H groups in total. The molecule has 0 aliphatic heterocycles. The van der Waals surface area contributed by atoms with Gasteiger partial charge in [-0.2, -0.15) is 4.73 Å². The molecule has 0 amide bonds. The van der Waals surface area contributed by atoms with Crippen molar-refractivity contribution in [3.8, 4) is 0 Å². The minimum absolute atomic E-state index is 0.823. The van der Waals surface area contributed by atoms with Crippen molar-refractivity contribution < 1.29 is 4.73 Å². The lowest BCUT2D eigenvalue weighted by molar-refractivity contribution is -0.645. The highest BCUT2D eigenvalue weighted by atomic mass is 32.2. The van der Waals surface area contributed by atoms with Crippen LogP contribution in [0.1, 0.15) is 71.1 Å². The maximum Gasteiger partial charge on any atom is 0.251 e. The quantitative estimate of drug-likeness (QED) is 0.225. The van der Waals surface area contributed by atoms with E-state index < -0.39 is 0 Å². The monoisotopic (exact) mass is 295 g/mol. The zero-order chi connectivity index (χ0) is 14.5. The van der Waals surface area contributed by atoms with Crippen molar-refractivity contribution in [1.82, 2.24) is 0 Å². The molecule has 20 heavy (non-hydrogen) atoms. The van der Waals surface area contributed by atoms with Crippen LogP contribution in [-0.4, -0.2) is 5.75 Å². The number of hydrogen-bond donors (Lipinski definition) is 0. The normalized spacial score (nSPS) is 10.8. The summed E-state index contributed by atoms with van der Waals surface area (Å²) in [7, 11) is 0. The minimum atomic E-state index is 0.823. The first-order chi connectivity index (χ1) is 9.84. The molecule has 0 fully saturated rings. The van der Waals surface area contributed by atoms with Crippen molar-refractivity contribution in [2.75, 3.05) is 5.75 Å². The molecule has 0 spiro atoms. The van der Waals surface area contributed by atoms with E-state index in [4.69, 9.17) is 0 Å². The lowest BCUT2D eigenvalue weighted by atomic mass is 10.1. The van der Waals surface area contributed by atoms with E-state index >= 15 is 0 Å². The molecule has 1 rings (SSSR count). The highest BCUT2D eigenvalue weighted by molar-refractivity contribution is 7.99. The van der Waals surface area contributed by atoms with Gasteiger partial charge in [-0.05, 0) is 12.5 Å². The molecule has 1 aromatic heterocycles. The Morgan fingerprint density at radius 2 is 1.50 bits per heavy atom. The van der Waals surface area contributed by atoms with Gasteiger partial charge >= 0.3 is 0 Å². The second-order valence-electron chi connectivity index (χ2n) is 5.40. The van der Waals surface area contributed by atoms with E-state index in [1.807, 2.05) is 12.1 Å². The molecule has 0 saturated heterocycles. The minimum Gasteiger partial charge on any atom is -0.618 e. The average molecular weight is 295 g/mol. The lowest BCUT2D eigenvalue weighted by Gasteiger charge is -2.03. The van der Waals surface area contributed by atoms with Gasteiger partial charge in [0.05, 0.1) is 0 Å². The van der Waals surface area contributed by atoms with Gasteiger partial charge in [0.2, 0.25) is 0 Å². The van der Waals surface area contributed by atoms with Crippen LogP contribution in [0.15, 0.2) is 29.4 Å². The molecule has 1 aromatic rings. The number of thioether (sulfide) groups is 1. The van der Waals surface area contributed by atoms with Crippen LogP contribution in [0.2, 0.25) is 0 Å². The molecule has 0 aliphatic rings. The first-order valence-electron chi connectivity index (χ1n) is 8.15.